The Bertz CT molecular complexity index is 357. The van der Waals surface area contributed by atoms with Crippen LogP contribution < -0.4 is 5.32 Å². The minimum absolute atomic E-state index is 0.0458. The van der Waals surface area contributed by atoms with E-state index in [1.165, 1.54) is 11.1 Å². The molecule has 6 nitrogen and oxygen atoms in total. The summed E-state index contributed by atoms with van der Waals surface area (Å²) < 4.78 is 0. The lowest BCUT2D eigenvalue weighted by atomic mass is 10.3. The van der Waals surface area contributed by atoms with Gasteiger partial charge in [-0.3, -0.25) is 4.79 Å². The number of carbonyl (C=O) groups is 1. The molecule has 0 radical (unpaired) electrons. The second-order valence-electron chi connectivity index (χ2n) is 3.21. The van der Waals surface area contributed by atoms with Crippen LogP contribution in [0.1, 0.15) is 6.92 Å². The molecule has 1 rings (SSSR count). The summed E-state index contributed by atoms with van der Waals surface area (Å²) in [4.78, 5) is 16.9. The van der Waals surface area contributed by atoms with Crippen LogP contribution in [0.2, 0.25) is 5.28 Å². The molecule has 1 heterocycles. The number of hydrogen-bond acceptors (Lipinski definition) is 5. The first-order valence-electron chi connectivity index (χ1n) is 4.33. The van der Waals surface area contributed by atoms with Crippen molar-refractivity contribution >= 4 is 23.3 Å². The van der Waals surface area contributed by atoms with Crippen LogP contribution in [0.4, 0.5) is 5.82 Å². The quantitative estimate of drug-likeness (QED) is 0.813. The Kier molecular flexibility index (Phi) is 3.79. The Balaban J connectivity index is 2.66. The average Bonchev–Trinajstić information content (AvgIpc) is 2.16. The summed E-state index contributed by atoms with van der Waals surface area (Å²) in [5, 5.41) is 10.0. The Labute approximate surface area is 92.7 Å². The van der Waals surface area contributed by atoms with Gasteiger partial charge in [0.05, 0.1) is 6.20 Å². The molecule has 0 saturated heterocycles. The average molecular weight is 230 g/mol. The Morgan fingerprint density at radius 1 is 1.60 bits per heavy atom. The van der Waals surface area contributed by atoms with Gasteiger partial charge in [0, 0.05) is 14.1 Å². The van der Waals surface area contributed by atoms with E-state index in [0.29, 0.717) is 5.82 Å². The highest BCUT2D eigenvalue weighted by Crippen LogP contribution is 2.06. The van der Waals surface area contributed by atoms with E-state index in [9.17, 15) is 4.79 Å². The zero-order valence-corrected chi connectivity index (χ0v) is 9.49. The number of hydrogen-bond donors (Lipinski definition) is 1. The fourth-order valence-electron chi connectivity index (χ4n) is 1.02. The smallest absolute Gasteiger partial charge is 0.244 e. The van der Waals surface area contributed by atoms with Crippen LogP contribution in [-0.4, -0.2) is 46.1 Å². The van der Waals surface area contributed by atoms with Gasteiger partial charge in [0.1, 0.15) is 6.04 Å². The molecule has 1 aromatic heterocycles. The first-order valence-corrected chi connectivity index (χ1v) is 4.71. The van der Waals surface area contributed by atoms with Gasteiger partial charge in [0.15, 0.2) is 5.82 Å². The molecule has 7 heteroatoms. The van der Waals surface area contributed by atoms with Gasteiger partial charge in [0.2, 0.25) is 11.2 Å². The van der Waals surface area contributed by atoms with Crippen LogP contribution in [0.5, 0.6) is 0 Å². The molecule has 1 atom stereocenters. The number of anilines is 1. The maximum Gasteiger partial charge on any atom is 0.244 e. The molecule has 0 aliphatic heterocycles. The lowest BCUT2D eigenvalue weighted by Gasteiger charge is -2.17. The molecule has 0 aromatic carbocycles. The van der Waals surface area contributed by atoms with Crippen molar-refractivity contribution in [2.45, 2.75) is 13.0 Å². The molecule has 1 N–H and O–H groups in total. The molecule has 1 aromatic rings. The molecule has 15 heavy (non-hydrogen) atoms. The monoisotopic (exact) mass is 229 g/mol. The van der Waals surface area contributed by atoms with Crippen LogP contribution in [0.15, 0.2) is 6.20 Å². The summed E-state index contributed by atoms with van der Waals surface area (Å²) in [6.07, 6.45) is 1.41. The molecule has 0 aliphatic rings. The van der Waals surface area contributed by atoms with Gasteiger partial charge >= 0.3 is 0 Å². The zero-order valence-electron chi connectivity index (χ0n) is 8.73. The number of likely N-dealkylation sites (N-methyl/N-ethyl adjacent to an activating group) is 1. The van der Waals surface area contributed by atoms with Gasteiger partial charge in [-0.25, -0.2) is 0 Å². The highest BCUT2D eigenvalue weighted by atomic mass is 35.5. The van der Waals surface area contributed by atoms with Crippen molar-refractivity contribution in [1.82, 2.24) is 20.1 Å². The van der Waals surface area contributed by atoms with E-state index in [2.05, 4.69) is 20.5 Å². The first-order chi connectivity index (χ1) is 7.00. The molecule has 0 bridgehead atoms. The summed E-state index contributed by atoms with van der Waals surface area (Å²) in [6, 6.07) is -0.382. The van der Waals surface area contributed by atoms with E-state index >= 15 is 0 Å². The second-order valence-corrected chi connectivity index (χ2v) is 3.55. The maximum absolute atomic E-state index is 11.5. The normalized spacial score (nSPS) is 12.0. The van der Waals surface area contributed by atoms with Gasteiger partial charge in [-0.2, -0.15) is 10.1 Å². The van der Waals surface area contributed by atoms with Gasteiger partial charge in [-0.1, -0.05) is 0 Å². The molecule has 82 valence electrons. The fourth-order valence-corrected chi connectivity index (χ4v) is 1.16. The first kappa shape index (κ1) is 11.6. The van der Waals surface area contributed by atoms with Crippen molar-refractivity contribution in [3.63, 3.8) is 0 Å². The van der Waals surface area contributed by atoms with Gasteiger partial charge in [0.25, 0.3) is 0 Å². The summed E-state index contributed by atoms with van der Waals surface area (Å²) in [7, 11) is 3.37. The van der Waals surface area contributed by atoms with Crippen molar-refractivity contribution in [3.05, 3.63) is 11.5 Å². The standard InChI is InChI=1S/C8H12ClN5O/c1-5(7(15)14(2)3)11-6-4-10-13-8(9)12-6/h4-5H,1-3H3,(H,11,12,13). The number of carbonyl (C=O) groups excluding carboxylic acids is 1. The molecule has 0 spiro atoms. The minimum Gasteiger partial charge on any atom is -0.357 e. The number of rotatable bonds is 3. The zero-order chi connectivity index (χ0) is 11.4. The molecule has 1 unspecified atom stereocenters. The minimum atomic E-state index is -0.382. The van der Waals surface area contributed by atoms with Crippen molar-refractivity contribution < 1.29 is 4.79 Å². The van der Waals surface area contributed by atoms with E-state index in [-0.39, 0.29) is 17.2 Å². The maximum atomic E-state index is 11.5. The Morgan fingerprint density at radius 3 is 2.80 bits per heavy atom. The number of halogens is 1. The lowest BCUT2D eigenvalue weighted by molar-refractivity contribution is -0.129. The van der Waals surface area contributed by atoms with Gasteiger partial charge in [-0.05, 0) is 18.5 Å². The van der Waals surface area contributed by atoms with Crippen molar-refractivity contribution in [3.8, 4) is 0 Å². The van der Waals surface area contributed by atoms with Gasteiger partial charge < -0.3 is 10.2 Å². The number of nitrogens with one attached hydrogen (secondary N) is 1. The predicted octanol–water partition coefficient (Wildman–Crippen LogP) is 0.414. The predicted molar refractivity (Wildman–Crippen MR) is 56.6 cm³/mol. The third kappa shape index (κ3) is 3.32. The van der Waals surface area contributed by atoms with Crippen molar-refractivity contribution in [2.24, 2.45) is 0 Å². The largest absolute Gasteiger partial charge is 0.357 e. The van der Waals surface area contributed by atoms with Crippen LogP contribution in [0.3, 0.4) is 0 Å². The molecule has 0 fully saturated rings. The van der Waals surface area contributed by atoms with Gasteiger partial charge in [-0.15, -0.1) is 5.10 Å². The molecule has 0 saturated carbocycles. The Hall–Kier alpha value is -1.43. The van der Waals surface area contributed by atoms with Crippen LogP contribution in [0.25, 0.3) is 0 Å². The van der Waals surface area contributed by atoms with E-state index in [1.54, 1.807) is 21.0 Å². The van der Waals surface area contributed by atoms with Crippen molar-refractivity contribution in [1.29, 1.82) is 0 Å². The van der Waals surface area contributed by atoms with E-state index in [0.717, 1.165) is 0 Å². The van der Waals surface area contributed by atoms with Crippen molar-refractivity contribution in [2.75, 3.05) is 19.4 Å². The fraction of sp³-hybridized carbons (Fsp3) is 0.500. The highest BCUT2D eigenvalue weighted by Gasteiger charge is 2.14. The SMILES string of the molecule is CC(Nc1cnnc(Cl)n1)C(=O)N(C)C. The third-order valence-electron chi connectivity index (χ3n) is 1.71. The number of aromatic nitrogens is 3. The number of amides is 1. The third-order valence-corrected chi connectivity index (χ3v) is 1.87. The molecule has 1 amide bonds. The summed E-state index contributed by atoms with van der Waals surface area (Å²) in [6.45, 7) is 1.73. The van der Waals surface area contributed by atoms with Crippen LogP contribution >= 0.6 is 11.6 Å². The van der Waals surface area contributed by atoms with Crippen LogP contribution in [0, 0.1) is 0 Å². The van der Waals surface area contributed by atoms with E-state index in [1.807, 2.05) is 0 Å². The molecular formula is C8H12ClN5O. The molecule has 0 aliphatic carbocycles. The lowest BCUT2D eigenvalue weighted by Crippen LogP contribution is -2.36. The van der Waals surface area contributed by atoms with Crippen LogP contribution in [-0.2, 0) is 4.79 Å². The van der Waals surface area contributed by atoms with E-state index in [4.69, 9.17) is 11.6 Å². The van der Waals surface area contributed by atoms with E-state index < -0.39 is 0 Å². The Morgan fingerprint density at radius 2 is 2.27 bits per heavy atom. The summed E-state index contributed by atoms with van der Waals surface area (Å²) in [5.74, 6) is 0.377. The number of nitrogens with zero attached hydrogens (tertiary/aromatic N) is 4. The summed E-state index contributed by atoms with van der Waals surface area (Å²) >= 11 is 5.55. The summed E-state index contributed by atoms with van der Waals surface area (Å²) in [5.41, 5.74) is 0. The highest BCUT2D eigenvalue weighted by molar-refractivity contribution is 6.28. The topological polar surface area (TPSA) is 71.0 Å². The second kappa shape index (κ2) is 4.88. The molecular weight excluding hydrogens is 218 g/mol.